The number of aryl methyl sites for hydroxylation is 2. The van der Waals surface area contributed by atoms with E-state index in [-0.39, 0.29) is 41.5 Å². The fraction of sp³-hybridized carbons (Fsp3) is 0.625. The lowest BCUT2D eigenvalue weighted by Gasteiger charge is -2.38. The van der Waals surface area contributed by atoms with Gasteiger partial charge in [-0.15, -0.1) is 0 Å². The molecular weight excluding hydrogens is 528 g/mol. The molecule has 0 saturated heterocycles. The largest absolute Gasteiger partial charge is 0.300 e. The van der Waals surface area contributed by atoms with E-state index in [2.05, 4.69) is 71.9 Å². The van der Waals surface area contributed by atoms with Gasteiger partial charge in [-0.3, -0.25) is 14.4 Å². The van der Waals surface area contributed by atoms with E-state index < -0.39 is 0 Å². The first-order chi connectivity index (χ1) is 20.6. The molecule has 0 aromatic heterocycles. The molecule has 3 nitrogen and oxygen atoms in total. The van der Waals surface area contributed by atoms with Crippen LogP contribution in [0.3, 0.4) is 0 Å². The molecule has 234 valence electrons. The number of carbonyl (C=O) groups is 3. The molecule has 1 saturated carbocycles. The molecule has 4 unspecified atom stereocenters. The molecule has 3 heteroatoms. The van der Waals surface area contributed by atoms with Crippen molar-refractivity contribution in [2.24, 2.45) is 35.5 Å². The fourth-order valence-electron chi connectivity index (χ4n) is 8.80. The van der Waals surface area contributed by atoms with Gasteiger partial charge in [-0.2, -0.15) is 0 Å². The molecule has 43 heavy (non-hydrogen) atoms. The summed E-state index contributed by atoms with van der Waals surface area (Å²) in [5.74, 6) is 2.14. The Morgan fingerprint density at radius 3 is 2.21 bits per heavy atom. The van der Waals surface area contributed by atoms with Crippen molar-refractivity contribution >= 4 is 17.3 Å². The van der Waals surface area contributed by atoms with Crippen molar-refractivity contribution < 1.29 is 14.4 Å². The van der Waals surface area contributed by atoms with Crippen molar-refractivity contribution in [2.75, 3.05) is 0 Å². The van der Waals surface area contributed by atoms with Gasteiger partial charge in [0.15, 0.2) is 5.78 Å². The summed E-state index contributed by atoms with van der Waals surface area (Å²) >= 11 is 0. The summed E-state index contributed by atoms with van der Waals surface area (Å²) in [5, 5.41) is 0. The second-order valence-electron chi connectivity index (χ2n) is 14.3. The molecular formula is C40H56O3. The Morgan fingerprint density at radius 1 is 0.884 bits per heavy atom. The predicted molar refractivity (Wildman–Crippen MR) is 179 cm³/mol. The van der Waals surface area contributed by atoms with E-state index in [0.717, 1.165) is 55.6 Å². The SMILES string of the molecule is CCc1ccc(CC2CCCC2)cc1-c1ccc(C)c2c1CC(CC(C(CC)C(=O)CC(C)=O)C(CC)C(C)C)CC2=O. The molecule has 4 atom stereocenters. The predicted octanol–water partition coefficient (Wildman–Crippen LogP) is 9.97. The molecule has 0 N–H and O–H groups in total. The summed E-state index contributed by atoms with van der Waals surface area (Å²) in [4.78, 5) is 39.3. The average molecular weight is 585 g/mol. The molecule has 2 aromatic rings. The van der Waals surface area contributed by atoms with Crippen LogP contribution in [0.25, 0.3) is 11.1 Å². The summed E-state index contributed by atoms with van der Waals surface area (Å²) in [6, 6.07) is 11.5. The van der Waals surface area contributed by atoms with Crippen LogP contribution in [0, 0.1) is 42.4 Å². The molecule has 2 aliphatic rings. The maximum Gasteiger partial charge on any atom is 0.163 e. The maximum absolute atomic E-state index is 13.9. The highest BCUT2D eigenvalue weighted by Gasteiger charge is 2.38. The molecule has 0 amide bonds. The monoisotopic (exact) mass is 584 g/mol. The Bertz CT molecular complexity index is 1300. The molecule has 4 rings (SSSR count). The van der Waals surface area contributed by atoms with Gasteiger partial charge in [0.1, 0.15) is 11.6 Å². The normalized spacial score (nSPS) is 19.3. The first kappa shape index (κ1) is 33.3. The Labute approximate surface area is 261 Å². The van der Waals surface area contributed by atoms with Gasteiger partial charge in [0.25, 0.3) is 0 Å². The highest BCUT2D eigenvalue weighted by molar-refractivity contribution is 6.02. The van der Waals surface area contributed by atoms with E-state index in [0.29, 0.717) is 18.3 Å². The molecule has 0 aliphatic heterocycles. The van der Waals surface area contributed by atoms with Crippen LogP contribution < -0.4 is 0 Å². The topological polar surface area (TPSA) is 51.2 Å². The van der Waals surface area contributed by atoms with Crippen LogP contribution in [0.4, 0.5) is 0 Å². The van der Waals surface area contributed by atoms with Crippen LogP contribution >= 0.6 is 0 Å². The van der Waals surface area contributed by atoms with Crippen molar-refractivity contribution in [3.05, 3.63) is 58.1 Å². The molecule has 2 aromatic carbocycles. The van der Waals surface area contributed by atoms with Crippen molar-refractivity contribution in [1.82, 2.24) is 0 Å². The first-order valence-electron chi connectivity index (χ1n) is 17.4. The lowest BCUT2D eigenvalue weighted by Crippen LogP contribution is -2.35. The van der Waals surface area contributed by atoms with Crippen molar-refractivity contribution in [1.29, 1.82) is 0 Å². The number of hydrogen-bond acceptors (Lipinski definition) is 3. The summed E-state index contributed by atoms with van der Waals surface area (Å²) in [5.41, 5.74) is 8.53. The van der Waals surface area contributed by atoms with Gasteiger partial charge in [0, 0.05) is 17.9 Å². The van der Waals surface area contributed by atoms with Crippen LogP contribution in [-0.2, 0) is 28.9 Å². The fourth-order valence-corrected chi connectivity index (χ4v) is 8.80. The minimum absolute atomic E-state index is 0.0241. The van der Waals surface area contributed by atoms with Gasteiger partial charge in [0.2, 0.25) is 0 Å². The Balaban J connectivity index is 1.72. The summed E-state index contributed by atoms with van der Waals surface area (Å²) in [6.45, 7) is 14.7. The van der Waals surface area contributed by atoms with Gasteiger partial charge in [0.05, 0.1) is 6.42 Å². The second kappa shape index (κ2) is 15.0. The summed E-state index contributed by atoms with van der Waals surface area (Å²) in [7, 11) is 0. The number of ketones is 3. The van der Waals surface area contributed by atoms with Gasteiger partial charge in [-0.05, 0) is 109 Å². The van der Waals surface area contributed by atoms with Crippen LogP contribution in [0.15, 0.2) is 30.3 Å². The number of fused-ring (bicyclic) bond motifs is 1. The van der Waals surface area contributed by atoms with Gasteiger partial charge < -0.3 is 0 Å². The zero-order chi connectivity index (χ0) is 31.3. The second-order valence-corrected chi connectivity index (χ2v) is 14.3. The van der Waals surface area contributed by atoms with Crippen LogP contribution in [-0.4, -0.2) is 17.3 Å². The molecule has 1 fully saturated rings. The minimum atomic E-state index is -0.135. The van der Waals surface area contributed by atoms with E-state index in [1.165, 1.54) is 60.4 Å². The van der Waals surface area contributed by atoms with E-state index >= 15 is 0 Å². The smallest absolute Gasteiger partial charge is 0.163 e. The third-order valence-corrected chi connectivity index (χ3v) is 10.9. The van der Waals surface area contributed by atoms with Crippen LogP contribution in [0.5, 0.6) is 0 Å². The Hall–Kier alpha value is -2.55. The van der Waals surface area contributed by atoms with E-state index in [4.69, 9.17) is 0 Å². The standard InChI is InChI=1S/C40H56O3/c1-8-31-17-16-29(20-28-13-11-12-14-28)21-35(31)34-18-15-26(6)40-37(34)23-30(24-39(40)43)22-36(32(9-2)25(4)5)33(10-3)38(42)19-27(7)41/h15-18,21,25,28,30,32-33,36H,8-14,19-20,22-24H2,1-7H3. The lowest BCUT2D eigenvalue weighted by atomic mass is 9.65. The van der Waals surface area contributed by atoms with Gasteiger partial charge in [-0.1, -0.05) is 97.1 Å². The maximum atomic E-state index is 13.9. The van der Waals surface area contributed by atoms with E-state index in [1.807, 2.05) is 0 Å². The summed E-state index contributed by atoms with van der Waals surface area (Å²) in [6.07, 6.45) is 11.5. The van der Waals surface area contributed by atoms with Gasteiger partial charge in [-0.25, -0.2) is 0 Å². The highest BCUT2D eigenvalue weighted by atomic mass is 16.1. The molecule has 2 aliphatic carbocycles. The number of hydrogen-bond donors (Lipinski definition) is 0. The number of carbonyl (C=O) groups excluding carboxylic acids is 3. The Morgan fingerprint density at radius 2 is 1.60 bits per heavy atom. The zero-order valence-corrected chi connectivity index (χ0v) is 28.1. The van der Waals surface area contributed by atoms with Crippen molar-refractivity contribution in [2.45, 2.75) is 126 Å². The number of Topliss-reactive ketones (excluding diaryl/α,β-unsaturated/α-hetero) is 3. The number of benzene rings is 2. The van der Waals surface area contributed by atoms with E-state index in [1.54, 1.807) is 0 Å². The van der Waals surface area contributed by atoms with E-state index in [9.17, 15) is 14.4 Å². The third-order valence-electron chi connectivity index (χ3n) is 10.9. The molecule has 0 bridgehead atoms. The van der Waals surface area contributed by atoms with Crippen LogP contribution in [0.1, 0.15) is 132 Å². The third kappa shape index (κ3) is 7.76. The highest BCUT2D eigenvalue weighted by Crippen LogP contribution is 2.43. The average Bonchev–Trinajstić information content (AvgIpc) is 3.46. The van der Waals surface area contributed by atoms with Gasteiger partial charge >= 0.3 is 0 Å². The van der Waals surface area contributed by atoms with Crippen molar-refractivity contribution in [3.63, 3.8) is 0 Å². The Kier molecular flexibility index (Phi) is 11.6. The minimum Gasteiger partial charge on any atom is -0.300 e. The lowest BCUT2D eigenvalue weighted by molar-refractivity contribution is -0.130. The number of rotatable bonds is 14. The first-order valence-corrected chi connectivity index (χ1v) is 17.4. The van der Waals surface area contributed by atoms with Crippen LogP contribution in [0.2, 0.25) is 0 Å². The molecule has 0 radical (unpaired) electrons. The molecule has 0 heterocycles. The summed E-state index contributed by atoms with van der Waals surface area (Å²) < 4.78 is 0. The molecule has 0 spiro atoms. The zero-order valence-electron chi connectivity index (χ0n) is 28.1. The quantitative estimate of drug-likeness (QED) is 0.208. The van der Waals surface area contributed by atoms with Crippen molar-refractivity contribution in [3.8, 4) is 11.1 Å².